The normalized spacial score (nSPS) is 24.7. The minimum absolute atomic E-state index is 0.0204. The molecule has 3 amide bonds. The minimum Gasteiger partial charge on any atom is -0.467 e. The van der Waals surface area contributed by atoms with Crippen LogP contribution < -0.4 is 19.9 Å². The monoisotopic (exact) mass is 496 g/mol. The highest BCUT2D eigenvalue weighted by atomic mass is 16.5. The van der Waals surface area contributed by atoms with Crippen molar-refractivity contribution in [2.75, 3.05) is 29.4 Å². The van der Waals surface area contributed by atoms with Gasteiger partial charge >= 0.3 is 6.03 Å². The Morgan fingerprint density at radius 1 is 1.00 bits per heavy atom. The molecule has 2 fully saturated rings. The third kappa shape index (κ3) is 4.08. The predicted octanol–water partition coefficient (Wildman–Crippen LogP) is 5.12. The van der Waals surface area contributed by atoms with Crippen LogP contribution in [0.3, 0.4) is 0 Å². The van der Waals surface area contributed by atoms with Crippen LogP contribution in [0.15, 0.2) is 72.8 Å². The molecule has 1 N–H and O–H groups in total. The molecule has 0 spiro atoms. The number of carbonyl (C=O) groups excluding carboxylic acids is 2. The SMILES string of the molecule is Cc1cccc(N2CCN(C(=O)c3cccc(N4C(=O)N[C@H]5C[C@@]4(C)Oc4ccccc45)c3)C[C@H]2C)c1. The van der Waals surface area contributed by atoms with Crippen LogP contribution in [0.25, 0.3) is 0 Å². The summed E-state index contributed by atoms with van der Waals surface area (Å²) in [4.78, 5) is 32.8. The standard InChI is InChI=1S/C30H32N4O3/c1-20-8-6-10-23(16-20)33-15-14-32(19-21(33)2)28(35)22-9-7-11-24(17-22)34-29(36)31-26-18-30(34,3)37-27-13-5-4-12-25(26)27/h4-13,16-17,21,26H,14-15,18-19H2,1-3H3,(H,31,36)/t21-,26+,30-/m1/s1. The van der Waals surface area contributed by atoms with Gasteiger partial charge < -0.3 is 19.9 Å². The number of benzene rings is 3. The van der Waals surface area contributed by atoms with E-state index in [9.17, 15) is 9.59 Å². The van der Waals surface area contributed by atoms with Crippen LogP contribution in [0, 0.1) is 6.92 Å². The number of urea groups is 1. The van der Waals surface area contributed by atoms with Crippen molar-refractivity contribution in [3.05, 3.63) is 89.5 Å². The van der Waals surface area contributed by atoms with Gasteiger partial charge in [-0.2, -0.15) is 0 Å². The maximum Gasteiger partial charge on any atom is 0.325 e. The first-order valence-electron chi connectivity index (χ1n) is 12.9. The second-order valence-corrected chi connectivity index (χ2v) is 10.5. The van der Waals surface area contributed by atoms with Gasteiger partial charge in [-0.25, -0.2) is 4.79 Å². The van der Waals surface area contributed by atoms with Crippen molar-refractivity contribution in [3.8, 4) is 5.75 Å². The van der Waals surface area contributed by atoms with Crippen molar-refractivity contribution >= 4 is 23.3 Å². The summed E-state index contributed by atoms with van der Waals surface area (Å²) in [5.74, 6) is 0.756. The Hall–Kier alpha value is -4.00. The first-order chi connectivity index (χ1) is 17.8. The van der Waals surface area contributed by atoms with E-state index < -0.39 is 5.72 Å². The Morgan fingerprint density at radius 2 is 1.78 bits per heavy atom. The van der Waals surface area contributed by atoms with Crippen LogP contribution in [0.5, 0.6) is 5.75 Å². The van der Waals surface area contributed by atoms with Gasteiger partial charge in [-0.3, -0.25) is 9.69 Å². The molecule has 0 unspecified atom stereocenters. The molecule has 0 aromatic heterocycles. The predicted molar refractivity (Wildman–Crippen MR) is 144 cm³/mol. The Balaban J connectivity index is 1.22. The number of carbonyl (C=O) groups is 2. The van der Waals surface area contributed by atoms with Gasteiger partial charge in [0.25, 0.3) is 5.91 Å². The van der Waals surface area contributed by atoms with E-state index in [4.69, 9.17) is 4.74 Å². The summed E-state index contributed by atoms with van der Waals surface area (Å²) in [7, 11) is 0. The minimum atomic E-state index is -0.850. The van der Waals surface area contributed by atoms with Crippen LogP contribution in [-0.2, 0) is 0 Å². The second-order valence-electron chi connectivity index (χ2n) is 10.5. The maximum atomic E-state index is 13.6. The molecule has 190 valence electrons. The largest absolute Gasteiger partial charge is 0.467 e. The third-order valence-corrected chi connectivity index (χ3v) is 7.78. The van der Waals surface area contributed by atoms with Crippen LogP contribution in [0.2, 0.25) is 0 Å². The van der Waals surface area contributed by atoms with E-state index in [0.717, 1.165) is 17.9 Å². The number of hydrogen-bond acceptors (Lipinski definition) is 4. The number of rotatable bonds is 3. The number of aryl methyl sites for hydroxylation is 1. The van der Waals surface area contributed by atoms with E-state index >= 15 is 0 Å². The van der Waals surface area contributed by atoms with E-state index in [1.165, 1.54) is 11.3 Å². The van der Waals surface area contributed by atoms with Gasteiger partial charge in [0.2, 0.25) is 0 Å². The van der Waals surface area contributed by atoms with Gasteiger partial charge in [-0.05, 0) is 62.7 Å². The first kappa shape index (κ1) is 23.4. The quantitative estimate of drug-likeness (QED) is 0.547. The summed E-state index contributed by atoms with van der Waals surface area (Å²) in [5.41, 5.74) is 3.79. The number of nitrogens with zero attached hydrogens (tertiary/aromatic N) is 3. The first-order valence-corrected chi connectivity index (χ1v) is 12.9. The summed E-state index contributed by atoms with van der Waals surface area (Å²) in [5, 5.41) is 3.13. The number of fused-ring (bicyclic) bond motifs is 4. The fraction of sp³-hybridized carbons (Fsp3) is 0.333. The summed E-state index contributed by atoms with van der Waals surface area (Å²) < 4.78 is 6.38. The van der Waals surface area contributed by atoms with Gasteiger partial charge in [0.1, 0.15) is 5.75 Å². The van der Waals surface area contributed by atoms with E-state index in [2.05, 4.69) is 48.3 Å². The zero-order valence-electron chi connectivity index (χ0n) is 21.5. The average molecular weight is 497 g/mol. The summed E-state index contributed by atoms with van der Waals surface area (Å²) >= 11 is 0. The lowest BCUT2D eigenvalue weighted by atomic mass is 9.90. The topological polar surface area (TPSA) is 65.1 Å². The van der Waals surface area contributed by atoms with E-state index in [-0.39, 0.29) is 24.0 Å². The number of ether oxygens (including phenoxy) is 1. The Labute approximate surface area is 217 Å². The molecule has 3 aromatic carbocycles. The number of para-hydroxylation sites is 1. The zero-order valence-corrected chi connectivity index (χ0v) is 21.5. The van der Waals surface area contributed by atoms with Gasteiger partial charge in [0.05, 0.1) is 11.7 Å². The summed E-state index contributed by atoms with van der Waals surface area (Å²) in [6, 6.07) is 23.5. The number of amides is 3. The van der Waals surface area contributed by atoms with Crippen LogP contribution in [-0.4, -0.2) is 48.2 Å². The van der Waals surface area contributed by atoms with Crippen LogP contribution in [0.1, 0.15) is 47.8 Å². The lowest BCUT2D eigenvalue weighted by molar-refractivity contribution is 0.0378. The fourth-order valence-electron chi connectivity index (χ4n) is 6.01. The highest BCUT2D eigenvalue weighted by Gasteiger charge is 2.49. The maximum absolute atomic E-state index is 13.6. The molecule has 2 bridgehead atoms. The molecule has 3 aromatic rings. The van der Waals surface area contributed by atoms with E-state index in [1.54, 1.807) is 4.90 Å². The number of anilines is 2. The van der Waals surface area contributed by atoms with Crippen molar-refractivity contribution in [2.24, 2.45) is 0 Å². The molecule has 7 nitrogen and oxygen atoms in total. The molecule has 3 aliphatic rings. The molecular weight excluding hydrogens is 464 g/mol. The Bertz CT molecular complexity index is 1370. The number of hydrogen-bond donors (Lipinski definition) is 1. The second kappa shape index (κ2) is 8.83. The van der Waals surface area contributed by atoms with Gasteiger partial charge in [0, 0.05) is 48.9 Å². The Morgan fingerprint density at radius 3 is 2.59 bits per heavy atom. The Kier molecular flexibility index (Phi) is 5.59. The smallest absolute Gasteiger partial charge is 0.325 e. The molecule has 3 aliphatic heterocycles. The highest BCUT2D eigenvalue weighted by Crippen LogP contribution is 2.45. The molecule has 3 atom stereocenters. The summed E-state index contributed by atoms with van der Waals surface area (Å²) in [6.45, 7) is 8.25. The molecule has 0 saturated carbocycles. The molecule has 2 saturated heterocycles. The molecule has 0 radical (unpaired) electrons. The molecule has 37 heavy (non-hydrogen) atoms. The van der Waals surface area contributed by atoms with Gasteiger partial charge in [-0.15, -0.1) is 0 Å². The fourth-order valence-corrected chi connectivity index (χ4v) is 6.01. The van der Waals surface area contributed by atoms with Crippen molar-refractivity contribution in [3.63, 3.8) is 0 Å². The van der Waals surface area contributed by atoms with Crippen LogP contribution in [0.4, 0.5) is 16.2 Å². The number of piperazine rings is 1. The molecular formula is C30H32N4O3. The van der Waals surface area contributed by atoms with Crippen LogP contribution >= 0.6 is 0 Å². The average Bonchev–Trinajstić information content (AvgIpc) is 2.88. The van der Waals surface area contributed by atoms with Gasteiger partial charge in [-0.1, -0.05) is 36.4 Å². The third-order valence-electron chi connectivity index (χ3n) is 7.78. The molecule has 6 rings (SSSR count). The zero-order chi connectivity index (χ0) is 25.7. The van der Waals surface area contributed by atoms with Gasteiger partial charge in [0.15, 0.2) is 5.72 Å². The van der Waals surface area contributed by atoms with Crippen molar-refractivity contribution in [2.45, 2.75) is 45.0 Å². The number of nitrogens with one attached hydrogen (secondary N) is 1. The van der Waals surface area contributed by atoms with Crippen molar-refractivity contribution < 1.29 is 14.3 Å². The lowest BCUT2D eigenvalue weighted by Crippen LogP contribution is -2.65. The molecule has 7 heteroatoms. The van der Waals surface area contributed by atoms with E-state index in [1.807, 2.05) is 60.4 Å². The summed E-state index contributed by atoms with van der Waals surface area (Å²) in [6.07, 6.45) is 0.617. The van der Waals surface area contributed by atoms with Crippen molar-refractivity contribution in [1.29, 1.82) is 0 Å². The molecule has 3 heterocycles. The van der Waals surface area contributed by atoms with E-state index in [0.29, 0.717) is 30.8 Å². The highest BCUT2D eigenvalue weighted by molar-refractivity contribution is 5.99. The lowest BCUT2D eigenvalue weighted by Gasteiger charge is -2.50. The van der Waals surface area contributed by atoms with Crippen molar-refractivity contribution in [1.82, 2.24) is 10.2 Å². The molecule has 0 aliphatic carbocycles.